The van der Waals surface area contributed by atoms with Gasteiger partial charge in [-0.2, -0.15) is 0 Å². The van der Waals surface area contributed by atoms with Gasteiger partial charge in [-0.15, -0.1) is 0 Å². The van der Waals surface area contributed by atoms with Gasteiger partial charge in [0.25, 0.3) is 0 Å². The zero-order chi connectivity index (χ0) is 28.5. The van der Waals surface area contributed by atoms with Crippen molar-refractivity contribution in [2.45, 2.75) is 56.8 Å². The fraction of sp³-hybridized carbons (Fsp3) is 0.360. The molecule has 0 fully saturated rings. The molecular formula is C25H32N8O6. The second-order valence-electron chi connectivity index (χ2n) is 9.15. The molecule has 1 aromatic carbocycles. The van der Waals surface area contributed by atoms with E-state index in [2.05, 4.69) is 30.9 Å². The van der Waals surface area contributed by atoms with Crippen LogP contribution in [0.4, 0.5) is 0 Å². The third kappa shape index (κ3) is 8.13. The number of fused-ring (bicyclic) bond motifs is 1. The number of primary amides is 1. The van der Waals surface area contributed by atoms with E-state index in [9.17, 15) is 29.1 Å². The number of carboxylic acids is 1. The van der Waals surface area contributed by atoms with Crippen molar-refractivity contribution in [2.75, 3.05) is 0 Å². The first-order valence-electron chi connectivity index (χ1n) is 12.2. The van der Waals surface area contributed by atoms with Crippen LogP contribution < -0.4 is 27.4 Å². The fourth-order valence-corrected chi connectivity index (χ4v) is 3.96. The maximum Gasteiger partial charge on any atom is 0.326 e. The van der Waals surface area contributed by atoms with E-state index < -0.39 is 53.8 Å². The molecule has 0 aliphatic rings. The van der Waals surface area contributed by atoms with E-state index in [1.807, 2.05) is 24.3 Å². The summed E-state index contributed by atoms with van der Waals surface area (Å²) < 4.78 is 0. The quantitative estimate of drug-likeness (QED) is 0.124. The van der Waals surface area contributed by atoms with Gasteiger partial charge in [-0.05, 0) is 31.4 Å². The molecule has 0 aliphatic carbocycles. The van der Waals surface area contributed by atoms with Gasteiger partial charge < -0.3 is 42.5 Å². The number of H-pyrrole nitrogens is 2. The number of nitrogens with two attached hydrogens (primary N) is 2. The number of hydrogen-bond donors (Lipinski definition) is 8. The molecule has 0 aliphatic heterocycles. The number of nitrogens with zero attached hydrogens (tertiary/aromatic N) is 1. The Morgan fingerprint density at radius 1 is 0.974 bits per heavy atom. The highest BCUT2D eigenvalue weighted by atomic mass is 16.4. The molecule has 39 heavy (non-hydrogen) atoms. The molecule has 14 heteroatoms. The molecule has 0 saturated carbocycles. The zero-order valence-corrected chi connectivity index (χ0v) is 21.3. The van der Waals surface area contributed by atoms with Crippen LogP contribution in [0.15, 0.2) is 43.0 Å². The maximum absolute atomic E-state index is 12.9. The minimum absolute atomic E-state index is 0.0850. The molecule has 2 heterocycles. The van der Waals surface area contributed by atoms with Crippen LogP contribution in [-0.4, -0.2) is 73.8 Å². The first-order valence-corrected chi connectivity index (χ1v) is 12.2. The van der Waals surface area contributed by atoms with E-state index in [1.165, 1.54) is 19.4 Å². The molecule has 0 bridgehead atoms. The van der Waals surface area contributed by atoms with E-state index in [-0.39, 0.29) is 25.7 Å². The third-order valence-electron chi connectivity index (χ3n) is 6.11. The number of aromatic nitrogens is 3. The highest BCUT2D eigenvalue weighted by molar-refractivity contribution is 5.94. The van der Waals surface area contributed by atoms with Crippen molar-refractivity contribution in [1.29, 1.82) is 0 Å². The molecule has 0 spiro atoms. The average Bonchev–Trinajstić information content (AvgIpc) is 3.55. The molecular weight excluding hydrogens is 508 g/mol. The third-order valence-corrected chi connectivity index (χ3v) is 6.11. The van der Waals surface area contributed by atoms with Crippen molar-refractivity contribution in [1.82, 2.24) is 30.9 Å². The van der Waals surface area contributed by atoms with Crippen molar-refractivity contribution < 1.29 is 29.1 Å². The van der Waals surface area contributed by atoms with Gasteiger partial charge in [-0.1, -0.05) is 18.2 Å². The lowest BCUT2D eigenvalue weighted by Crippen LogP contribution is -2.56. The largest absolute Gasteiger partial charge is 0.480 e. The van der Waals surface area contributed by atoms with Gasteiger partial charge in [0.05, 0.1) is 12.4 Å². The van der Waals surface area contributed by atoms with Crippen molar-refractivity contribution >= 4 is 40.5 Å². The van der Waals surface area contributed by atoms with E-state index >= 15 is 0 Å². The number of amides is 4. The molecule has 10 N–H and O–H groups in total. The minimum Gasteiger partial charge on any atom is -0.480 e. The molecule has 0 saturated heterocycles. The highest BCUT2D eigenvalue weighted by Crippen LogP contribution is 2.18. The van der Waals surface area contributed by atoms with Crippen molar-refractivity contribution in [3.8, 4) is 0 Å². The summed E-state index contributed by atoms with van der Waals surface area (Å²) in [5, 5.41) is 17.8. The van der Waals surface area contributed by atoms with Crippen LogP contribution in [0.25, 0.3) is 10.9 Å². The van der Waals surface area contributed by atoms with Gasteiger partial charge in [-0.25, -0.2) is 9.78 Å². The zero-order valence-electron chi connectivity index (χ0n) is 21.3. The molecule has 2 aromatic heterocycles. The second-order valence-corrected chi connectivity index (χ2v) is 9.15. The molecule has 208 valence electrons. The van der Waals surface area contributed by atoms with Crippen molar-refractivity contribution in [2.24, 2.45) is 11.5 Å². The normalized spacial score (nSPS) is 14.1. The van der Waals surface area contributed by atoms with Gasteiger partial charge in [-0.3, -0.25) is 19.2 Å². The average molecular weight is 541 g/mol. The van der Waals surface area contributed by atoms with E-state index in [0.29, 0.717) is 5.69 Å². The number of nitrogens with one attached hydrogen (secondary N) is 5. The number of benzene rings is 1. The summed E-state index contributed by atoms with van der Waals surface area (Å²) >= 11 is 0. The monoisotopic (exact) mass is 540 g/mol. The number of aliphatic carboxylic acids is 1. The Labute approximate surface area is 223 Å². The SMILES string of the molecule is CC(NC(=O)C(N)Cc1c[nH]c2ccccc12)C(=O)NC(CCC(N)=O)C(=O)NC(Cc1cnc[nH]1)C(=O)O. The van der Waals surface area contributed by atoms with Crippen LogP contribution in [0.2, 0.25) is 0 Å². The maximum atomic E-state index is 12.9. The predicted molar refractivity (Wildman–Crippen MR) is 140 cm³/mol. The number of hydrogen-bond acceptors (Lipinski definition) is 7. The predicted octanol–water partition coefficient (Wildman–Crippen LogP) is -1.17. The summed E-state index contributed by atoms with van der Waals surface area (Å²) in [5.74, 6) is -4.15. The molecule has 4 atom stereocenters. The smallest absolute Gasteiger partial charge is 0.326 e. The lowest BCUT2D eigenvalue weighted by molar-refractivity contribution is -0.142. The van der Waals surface area contributed by atoms with Crippen LogP contribution in [0.3, 0.4) is 0 Å². The van der Waals surface area contributed by atoms with Gasteiger partial charge in [0.2, 0.25) is 23.6 Å². The summed E-state index contributed by atoms with van der Waals surface area (Å²) in [4.78, 5) is 71.1. The Bertz CT molecular complexity index is 1320. The summed E-state index contributed by atoms with van der Waals surface area (Å²) in [7, 11) is 0. The summed E-state index contributed by atoms with van der Waals surface area (Å²) in [6.45, 7) is 1.41. The van der Waals surface area contributed by atoms with Crippen LogP contribution in [-0.2, 0) is 36.8 Å². The Kier molecular flexibility index (Phi) is 9.75. The molecule has 3 rings (SSSR count). The molecule has 4 amide bonds. The van der Waals surface area contributed by atoms with Gasteiger partial charge in [0.1, 0.15) is 18.1 Å². The number of carbonyl (C=O) groups is 5. The summed E-state index contributed by atoms with van der Waals surface area (Å²) in [5.41, 5.74) is 13.5. The summed E-state index contributed by atoms with van der Waals surface area (Å²) in [6, 6.07) is 2.91. The number of aromatic amines is 2. The van der Waals surface area contributed by atoms with Gasteiger partial charge >= 0.3 is 5.97 Å². The molecule has 4 unspecified atom stereocenters. The first-order chi connectivity index (χ1) is 18.5. The van der Waals surface area contributed by atoms with Gasteiger partial charge in [0.15, 0.2) is 0 Å². The number of para-hydroxylation sites is 1. The second kappa shape index (κ2) is 13.2. The number of rotatable bonds is 14. The lowest BCUT2D eigenvalue weighted by atomic mass is 10.0. The van der Waals surface area contributed by atoms with E-state index in [4.69, 9.17) is 11.5 Å². The first kappa shape index (κ1) is 28.8. The van der Waals surface area contributed by atoms with Crippen LogP contribution in [0, 0.1) is 0 Å². The van der Waals surface area contributed by atoms with Crippen molar-refractivity contribution in [3.63, 3.8) is 0 Å². The summed E-state index contributed by atoms with van der Waals surface area (Å²) in [6.07, 6.45) is 4.28. The minimum atomic E-state index is -1.33. The Hall–Kier alpha value is -4.72. The number of carbonyl (C=O) groups excluding carboxylic acids is 4. The highest BCUT2D eigenvalue weighted by Gasteiger charge is 2.29. The van der Waals surface area contributed by atoms with E-state index in [1.54, 1.807) is 6.20 Å². The number of imidazole rings is 1. The Morgan fingerprint density at radius 2 is 1.69 bits per heavy atom. The standard InChI is InChI=1S/C25H32N8O6/c1-13(31-23(36)17(26)8-14-10-29-18-5-3-2-4-16(14)18)22(35)32-19(6-7-21(27)34)24(37)33-20(25(38)39)9-15-11-28-12-30-15/h2-5,10-13,17,19-20,29H,6-9,26H2,1H3,(H2,27,34)(H,28,30)(H,31,36)(H,32,35)(H,33,37)(H,38,39). The lowest BCUT2D eigenvalue weighted by Gasteiger charge is -2.23. The van der Waals surface area contributed by atoms with Crippen molar-refractivity contribution in [3.05, 3.63) is 54.2 Å². The van der Waals surface area contributed by atoms with Crippen LogP contribution in [0.1, 0.15) is 31.0 Å². The van der Waals surface area contributed by atoms with Crippen LogP contribution >= 0.6 is 0 Å². The topological polar surface area (TPSA) is 238 Å². The van der Waals surface area contributed by atoms with Gasteiger partial charge in [0, 0.05) is 41.8 Å². The fourth-order valence-electron chi connectivity index (χ4n) is 3.96. The Morgan fingerprint density at radius 3 is 2.36 bits per heavy atom. The number of carboxylic acid groups (broad SMARTS) is 1. The Balaban J connectivity index is 1.60. The van der Waals surface area contributed by atoms with E-state index in [0.717, 1.165) is 16.5 Å². The molecule has 0 radical (unpaired) electrons. The molecule has 14 nitrogen and oxygen atoms in total. The molecule has 3 aromatic rings. The van der Waals surface area contributed by atoms with Crippen LogP contribution in [0.5, 0.6) is 0 Å².